The van der Waals surface area contributed by atoms with Crippen LogP contribution in [0, 0.1) is 0 Å². The van der Waals surface area contributed by atoms with Crippen molar-refractivity contribution in [1.82, 2.24) is 10.9 Å². The zero-order valence-corrected chi connectivity index (χ0v) is 12.6. The number of fused-ring (bicyclic) bond motifs is 1. The summed E-state index contributed by atoms with van der Waals surface area (Å²) in [6, 6.07) is 5.61. The normalized spacial score (nSPS) is 19.7. The highest BCUT2D eigenvalue weighted by Gasteiger charge is 2.50. The fourth-order valence-electron chi connectivity index (χ4n) is 2.53. The Balaban J connectivity index is 1.96. The molecule has 1 unspecified atom stereocenters. The summed E-state index contributed by atoms with van der Waals surface area (Å²) >= 11 is 0. The van der Waals surface area contributed by atoms with Gasteiger partial charge in [-0.15, -0.1) is 0 Å². The van der Waals surface area contributed by atoms with Gasteiger partial charge in [0.05, 0.1) is 25.0 Å². The van der Waals surface area contributed by atoms with E-state index in [1.807, 2.05) is 0 Å². The van der Waals surface area contributed by atoms with Crippen LogP contribution in [-0.2, 0) is 19.1 Å². The maximum atomic E-state index is 12.6. The third-order valence-electron chi connectivity index (χ3n) is 3.61. The number of rotatable bonds is 4. The van der Waals surface area contributed by atoms with Crippen molar-refractivity contribution in [2.75, 3.05) is 18.6 Å². The van der Waals surface area contributed by atoms with Gasteiger partial charge < -0.3 is 14.9 Å². The standard InChI is InChI=1S/C15H15N3O5/c1-3-23-15(21)12-10-11(16-17-12)14(20)18(13(10)19)8-4-6-9(22-2)7-5-8/h4-7,11,16-17H,3H2,1-2H3. The SMILES string of the molecule is CCOC(=O)C1=C2C(=O)N(c3ccc(OC)cc3)C(=O)C2NN1. The molecule has 2 aliphatic heterocycles. The van der Waals surface area contributed by atoms with Gasteiger partial charge in [-0.05, 0) is 31.2 Å². The number of imide groups is 1. The van der Waals surface area contributed by atoms with Crippen LogP contribution in [0.5, 0.6) is 5.75 Å². The second kappa shape index (κ2) is 5.73. The number of carbonyl (C=O) groups excluding carboxylic acids is 3. The van der Waals surface area contributed by atoms with Crippen molar-refractivity contribution in [3.63, 3.8) is 0 Å². The zero-order chi connectivity index (χ0) is 16.6. The second-order valence-electron chi connectivity index (χ2n) is 4.89. The minimum Gasteiger partial charge on any atom is -0.497 e. The monoisotopic (exact) mass is 317 g/mol. The van der Waals surface area contributed by atoms with Gasteiger partial charge in [0.15, 0.2) is 0 Å². The van der Waals surface area contributed by atoms with Gasteiger partial charge in [-0.2, -0.15) is 0 Å². The van der Waals surface area contributed by atoms with Crippen LogP contribution in [0.4, 0.5) is 5.69 Å². The third kappa shape index (κ3) is 2.33. The number of methoxy groups -OCH3 is 1. The van der Waals surface area contributed by atoms with Gasteiger partial charge >= 0.3 is 5.97 Å². The van der Waals surface area contributed by atoms with Crippen LogP contribution >= 0.6 is 0 Å². The van der Waals surface area contributed by atoms with E-state index in [0.717, 1.165) is 4.90 Å². The van der Waals surface area contributed by atoms with Gasteiger partial charge in [0, 0.05) is 0 Å². The first-order valence-corrected chi connectivity index (χ1v) is 7.03. The van der Waals surface area contributed by atoms with E-state index in [9.17, 15) is 14.4 Å². The average molecular weight is 317 g/mol. The molecule has 1 saturated heterocycles. The van der Waals surface area contributed by atoms with E-state index in [1.165, 1.54) is 7.11 Å². The van der Waals surface area contributed by atoms with E-state index < -0.39 is 23.8 Å². The molecule has 0 bridgehead atoms. The number of nitrogens with zero attached hydrogens (tertiary/aromatic N) is 1. The maximum Gasteiger partial charge on any atom is 0.356 e. The Kier molecular flexibility index (Phi) is 3.75. The van der Waals surface area contributed by atoms with Crippen LogP contribution in [0.25, 0.3) is 0 Å². The maximum absolute atomic E-state index is 12.6. The lowest BCUT2D eigenvalue weighted by Gasteiger charge is -2.16. The smallest absolute Gasteiger partial charge is 0.356 e. The number of hydrogen-bond acceptors (Lipinski definition) is 7. The summed E-state index contributed by atoms with van der Waals surface area (Å²) in [5.41, 5.74) is 5.67. The lowest BCUT2D eigenvalue weighted by atomic mass is 10.1. The lowest BCUT2D eigenvalue weighted by Crippen LogP contribution is -2.42. The quantitative estimate of drug-likeness (QED) is 0.589. The van der Waals surface area contributed by atoms with Gasteiger partial charge in [-0.25, -0.2) is 15.1 Å². The second-order valence-corrected chi connectivity index (χ2v) is 4.89. The van der Waals surface area contributed by atoms with Gasteiger partial charge in [0.2, 0.25) is 0 Å². The number of hydrazine groups is 1. The molecule has 1 aromatic rings. The van der Waals surface area contributed by atoms with Crippen LogP contribution in [0.3, 0.4) is 0 Å². The number of carbonyl (C=O) groups is 3. The third-order valence-corrected chi connectivity index (χ3v) is 3.61. The number of amides is 2. The van der Waals surface area contributed by atoms with E-state index in [-0.39, 0.29) is 17.9 Å². The Hall–Kier alpha value is -2.87. The molecule has 2 heterocycles. The molecular weight excluding hydrogens is 302 g/mol. The topological polar surface area (TPSA) is 97.0 Å². The first-order valence-electron chi connectivity index (χ1n) is 7.03. The summed E-state index contributed by atoms with van der Waals surface area (Å²) in [7, 11) is 1.53. The van der Waals surface area contributed by atoms with E-state index in [0.29, 0.717) is 11.4 Å². The molecule has 2 aliphatic rings. The predicted octanol–water partition coefficient (Wildman–Crippen LogP) is -0.138. The zero-order valence-electron chi connectivity index (χ0n) is 12.6. The highest BCUT2D eigenvalue weighted by atomic mass is 16.5. The molecule has 23 heavy (non-hydrogen) atoms. The molecule has 1 fully saturated rings. The van der Waals surface area contributed by atoms with Gasteiger partial charge in [0.1, 0.15) is 17.5 Å². The molecule has 0 saturated carbocycles. The molecular formula is C15H15N3O5. The number of anilines is 1. The highest BCUT2D eigenvalue weighted by Crippen LogP contribution is 2.31. The summed E-state index contributed by atoms with van der Waals surface area (Å²) in [4.78, 5) is 38.0. The summed E-state index contributed by atoms with van der Waals surface area (Å²) in [5, 5.41) is 0. The molecule has 0 aliphatic carbocycles. The summed E-state index contributed by atoms with van der Waals surface area (Å²) < 4.78 is 9.95. The first kappa shape index (κ1) is 15.0. The molecule has 0 radical (unpaired) electrons. The highest BCUT2D eigenvalue weighted by molar-refractivity contribution is 6.32. The fraction of sp³-hybridized carbons (Fsp3) is 0.267. The van der Waals surface area contributed by atoms with Crippen molar-refractivity contribution < 1.29 is 23.9 Å². The molecule has 120 valence electrons. The number of esters is 1. The first-order chi connectivity index (χ1) is 11.1. The van der Waals surface area contributed by atoms with Gasteiger partial charge in [0.25, 0.3) is 11.8 Å². The van der Waals surface area contributed by atoms with Crippen LogP contribution < -0.4 is 20.5 Å². The van der Waals surface area contributed by atoms with Crippen molar-refractivity contribution in [2.45, 2.75) is 13.0 Å². The van der Waals surface area contributed by atoms with Crippen LogP contribution in [0.2, 0.25) is 0 Å². The number of nitrogens with one attached hydrogen (secondary N) is 2. The predicted molar refractivity (Wildman–Crippen MR) is 79.2 cm³/mol. The number of ether oxygens (including phenoxy) is 2. The van der Waals surface area contributed by atoms with Crippen LogP contribution in [0.1, 0.15) is 6.92 Å². The summed E-state index contributed by atoms with van der Waals surface area (Å²) in [5.74, 6) is -1.07. The van der Waals surface area contributed by atoms with Crippen molar-refractivity contribution in [3.05, 3.63) is 35.5 Å². The Morgan fingerprint density at radius 1 is 1.26 bits per heavy atom. The van der Waals surface area contributed by atoms with E-state index in [4.69, 9.17) is 9.47 Å². The molecule has 2 amide bonds. The molecule has 0 aromatic heterocycles. The fourth-order valence-corrected chi connectivity index (χ4v) is 2.53. The Morgan fingerprint density at radius 2 is 1.96 bits per heavy atom. The van der Waals surface area contributed by atoms with E-state index in [1.54, 1.807) is 31.2 Å². The van der Waals surface area contributed by atoms with Crippen LogP contribution in [-0.4, -0.2) is 37.5 Å². The van der Waals surface area contributed by atoms with Crippen molar-refractivity contribution in [1.29, 1.82) is 0 Å². The largest absolute Gasteiger partial charge is 0.497 e. The van der Waals surface area contributed by atoms with Gasteiger partial charge in [-0.3, -0.25) is 9.59 Å². The Labute approximate surface area is 132 Å². The van der Waals surface area contributed by atoms with E-state index >= 15 is 0 Å². The van der Waals surface area contributed by atoms with E-state index in [2.05, 4.69) is 10.9 Å². The molecule has 3 rings (SSSR count). The molecule has 1 aromatic carbocycles. The minimum absolute atomic E-state index is 0.0220. The molecule has 1 atom stereocenters. The molecule has 0 spiro atoms. The van der Waals surface area contributed by atoms with Crippen molar-refractivity contribution in [3.8, 4) is 5.75 Å². The molecule has 8 nitrogen and oxygen atoms in total. The number of benzene rings is 1. The molecule has 8 heteroatoms. The van der Waals surface area contributed by atoms with Crippen molar-refractivity contribution >= 4 is 23.5 Å². The van der Waals surface area contributed by atoms with Crippen LogP contribution in [0.15, 0.2) is 35.5 Å². The Bertz CT molecular complexity index is 710. The summed E-state index contributed by atoms with van der Waals surface area (Å²) in [6.07, 6.45) is 0. The number of hydrogen-bond donors (Lipinski definition) is 2. The Morgan fingerprint density at radius 3 is 2.57 bits per heavy atom. The molecule has 2 N–H and O–H groups in total. The lowest BCUT2D eigenvalue weighted by molar-refractivity contribution is -0.139. The summed E-state index contributed by atoms with van der Waals surface area (Å²) in [6.45, 7) is 1.83. The van der Waals surface area contributed by atoms with Crippen molar-refractivity contribution in [2.24, 2.45) is 0 Å². The van der Waals surface area contributed by atoms with Gasteiger partial charge in [-0.1, -0.05) is 0 Å². The average Bonchev–Trinajstić information content (AvgIpc) is 3.09. The minimum atomic E-state index is -0.899.